The highest BCUT2D eigenvalue weighted by Gasteiger charge is 2.20. The first-order chi connectivity index (χ1) is 12.7. The molecule has 1 atom stereocenters. The van der Waals surface area contributed by atoms with Gasteiger partial charge in [0, 0.05) is 36.6 Å². The van der Waals surface area contributed by atoms with Crippen LogP contribution in [0.1, 0.15) is 24.5 Å². The Bertz CT molecular complexity index is 988. The van der Waals surface area contributed by atoms with E-state index in [1.165, 1.54) is 0 Å². The molecule has 0 spiro atoms. The van der Waals surface area contributed by atoms with Crippen molar-refractivity contribution in [2.75, 3.05) is 0 Å². The van der Waals surface area contributed by atoms with Crippen LogP contribution in [0.2, 0.25) is 0 Å². The molecule has 130 valence electrons. The van der Waals surface area contributed by atoms with Gasteiger partial charge in [0.2, 0.25) is 0 Å². The predicted molar refractivity (Wildman–Crippen MR) is 100 cm³/mol. The van der Waals surface area contributed by atoms with Gasteiger partial charge in [-0.05, 0) is 13.8 Å². The van der Waals surface area contributed by atoms with Gasteiger partial charge in [0.1, 0.15) is 5.82 Å². The van der Waals surface area contributed by atoms with Crippen molar-refractivity contribution in [2.45, 2.75) is 26.3 Å². The van der Waals surface area contributed by atoms with Crippen molar-refractivity contribution in [2.24, 2.45) is 0 Å². The van der Waals surface area contributed by atoms with Gasteiger partial charge in [-0.25, -0.2) is 9.97 Å². The molecule has 4 rings (SSSR count). The first-order valence-electron chi connectivity index (χ1n) is 8.61. The van der Waals surface area contributed by atoms with Crippen LogP contribution in [0.15, 0.2) is 61.4 Å². The lowest BCUT2D eigenvalue weighted by atomic mass is 10.1. The topological polar surface area (TPSA) is 72.3 Å². The molecule has 0 fully saturated rings. The minimum Gasteiger partial charge on any atom is -0.341 e. The fraction of sp³-hybridized carbons (Fsp3) is 0.200. The van der Waals surface area contributed by atoms with Crippen molar-refractivity contribution < 1.29 is 0 Å². The van der Waals surface area contributed by atoms with Crippen molar-refractivity contribution in [3.63, 3.8) is 0 Å². The van der Waals surface area contributed by atoms with Gasteiger partial charge in [0.15, 0.2) is 0 Å². The molecule has 0 bridgehead atoms. The summed E-state index contributed by atoms with van der Waals surface area (Å²) in [5, 5.41) is 0. The number of hydrogen-bond acceptors (Lipinski definition) is 4. The molecule has 1 unspecified atom stereocenters. The van der Waals surface area contributed by atoms with Gasteiger partial charge in [0.25, 0.3) is 0 Å². The molecule has 0 aliphatic heterocycles. The summed E-state index contributed by atoms with van der Waals surface area (Å²) in [7, 11) is 0. The molecular weight excluding hydrogens is 324 g/mol. The van der Waals surface area contributed by atoms with Crippen molar-refractivity contribution in [3.8, 4) is 22.6 Å². The Labute approximate surface area is 152 Å². The van der Waals surface area contributed by atoms with Crippen LogP contribution < -0.4 is 0 Å². The van der Waals surface area contributed by atoms with Gasteiger partial charge in [-0.2, -0.15) is 0 Å². The Morgan fingerprint density at radius 1 is 1.04 bits per heavy atom. The molecule has 0 aliphatic rings. The van der Waals surface area contributed by atoms with E-state index in [0.29, 0.717) is 0 Å². The molecule has 3 aromatic heterocycles. The molecule has 6 heteroatoms. The highest BCUT2D eigenvalue weighted by atomic mass is 15.1. The van der Waals surface area contributed by atoms with Gasteiger partial charge in [-0.15, -0.1) is 0 Å². The predicted octanol–water partition coefficient (Wildman–Crippen LogP) is 3.84. The first-order valence-corrected chi connectivity index (χ1v) is 8.61. The van der Waals surface area contributed by atoms with Gasteiger partial charge >= 0.3 is 0 Å². The Balaban J connectivity index is 1.78. The maximum absolute atomic E-state index is 4.71. The Hall–Kier alpha value is -3.28. The van der Waals surface area contributed by atoms with Crippen molar-refractivity contribution in [1.29, 1.82) is 0 Å². The number of imidazole rings is 2. The molecule has 1 N–H and O–H groups in total. The molecule has 0 saturated heterocycles. The highest BCUT2D eigenvalue weighted by molar-refractivity contribution is 5.76. The fourth-order valence-electron chi connectivity index (χ4n) is 3.15. The number of aryl methyl sites for hydroxylation is 1. The lowest BCUT2D eigenvalue weighted by molar-refractivity contribution is 0.541. The quantitative estimate of drug-likeness (QED) is 0.597. The number of nitrogens with zero attached hydrogens (tertiary/aromatic N) is 5. The normalized spacial score (nSPS) is 12.2. The van der Waals surface area contributed by atoms with Crippen LogP contribution in [0.4, 0.5) is 0 Å². The second kappa shape index (κ2) is 6.92. The van der Waals surface area contributed by atoms with Crippen molar-refractivity contribution in [3.05, 3.63) is 73.0 Å². The zero-order chi connectivity index (χ0) is 17.9. The maximum atomic E-state index is 4.71. The minimum atomic E-state index is 0.176. The van der Waals surface area contributed by atoms with E-state index in [2.05, 4.69) is 43.6 Å². The second-order valence-electron chi connectivity index (χ2n) is 6.35. The van der Waals surface area contributed by atoms with Crippen LogP contribution in [-0.4, -0.2) is 29.5 Å². The largest absolute Gasteiger partial charge is 0.341 e. The summed E-state index contributed by atoms with van der Waals surface area (Å²) >= 11 is 0. The second-order valence-corrected chi connectivity index (χ2v) is 6.35. The summed E-state index contributed by atoms with van der Waals surface area (Å²) < 4.78 is 2.18. The molecule has 6 nitrogen and oxygen atoms in total. The molecule has 4 aromatic rings. The van der Waals surface area contributed by atoms with Crippen molar-refractivity contribution >= 4 is 0 Å². The van der Waals surface area contributed by atoms with Gasteiger partial charge in [-0.1, -0.05) is 30.3 Å². The molecule has 0 saturated carbocycles. The number of aromatic amines is 1. The number of aromatic nitrogens is 6. The lowest BCUT2D eigenvalue weighted by Crippen LogP contribution is -2.10. The number of nitrogens with one attached hydrogen (secondary N) is 1. The first kappa shape index (κ1) is 16.2. The van der Waals surface area contributed by atoms with Crippen LogP contribution in [0.25, 0.3) is 22.6 Å². The van der Waals surface area contributed by atoms with E-state index >= 15 is 0 Å². The highest BCUT2D eigenvalue weighted by Crippen LogP contribution is 2.32. The molecule has 26 heavy (non-hydrogen) atoms. The Morgan fingerprint density at radius 2 is 1.88 bits per heavy atom. The monoisotopic (exact) mass is 344 g/mol. The van der Waals surface area contributed by atoms with Gasteiger partial charge in [-0.3, -0.25) is 9.97 Å². The number of benzene rings is 1. The summed E-state index contributed by atoms with van der Waals surface area (Å²) in [6, 6.07) is 10.4. The van der Waals surface area contributed by atoms with Crippen LogP contribution in [-0.2, 0) is 6.42 Å². The van der Waals surface area contributed by atoms with Crippen LogP contribution in [0, 0.1) is 6.92 Å². The third kappa shape index (κ3) is 3.13. The lowest BCUT2D eigenvalue weighted by Gasteiger charge is -2.16. The maximum Gasteiger partial charge on any atom is 0.103 e. The summed E-state index contributed by atoms with van der Waals surface area (Å²) in [6.07, 6.45) is 9.77. The molecule has 3 heterocycles. The average molecular weight is 344 g/mol. The number of rotatable bonds is 5. The minimum absolute atomic E-state index is 0.176. The van der Waals surface area contributed by atoms with E-state index in [-0.39, 0.29) is 6.04 Å². The number of H-pyrrole nitrogens is 1. The fourth-order valence-corrected chi connectivity index (χ4v) is 3.15. The smallest absolute Gasteiger partial charge is 0.103 e. The van der Waals surface area contributed by atoms with Gasteiger partial charge in [0.05, 0.1) is 35.3 Å². The third-order valence-corrected chi connectivity index (χ3v) is 4.40. The van der Waals surface area contributed by atoms with E-state index in [0.717, 1.165) is 40.6 Å². The third-order valence-electron chi connectivity index (χ3n) is 4.40. The SMILES string of the molecule is Cc1ncc(-c2c(-c3ccccc3)ncn2C(C)Cc2cnccn2)[nH]1. The van der Waals surface area contributed by atoms with Crippen molar-refractivity contribution in [1.82, 2.24) is 29.5 Å². The molecule has 0 amide bonds. The van der Waals surface area contributed by atoms with Crippen LogP contribution >= 0.6 is 0 Å². The number of hydrogen-bond donors (Lipinski definition) is 1. The average Bonchev–Trinajstić information content (AvgIpc) is 3.29. The molecule has 0 aliphatic carbocycles. The van der Waals surface area contributed by atoms with E-state index < -0.39 is 0 Å². The molecular formula is C20H20N6. The van der Waals surface area contributed by atoms with E-state index in [4.69, 9.17) is 4.98 Å². The summed E-state index contributed by atoms with van der Waals surface area (Å²) in [5.74, 6) is 0.883. The van der Waals surface area contributed by atoms with E-state index in [1.54, 1.807) is 12.4 Å². The van der Waals surface area contributed by atoms with E-state index in [9.17, 15) is 0 Å². The standard InChI is InChI=1S/C20H20N6/c1-14(10-17-11-21-8-9-22-17)26-13-24-19(16-6-4-3-5-7-16)20(26)18-12-23-15(2)25-18/h3-9,11-14H,10H2,1-2H3,(H,23,25). The zero-order valence-electron chi connectivity index (χ0n) is 14.8. The van der Waals surface area contributed by atoms with Gasteiger partial charge < -0.3 is 9.55 Å². The summed E-state index contributed by atoms with van der Waals surface area (Å²) in [6.45, 7) is 4.12. The summed E-state index contributed by atoms with van der Waals surface area (Å²) in [4.78, 5) is 21.0. The molecule has 0 radical (unpaired) electrons. The Morgan fingerprint density at radius 3 is 2.58 bits per heavy atom. The molecule has 1 aromatic carbocycles. The van der Waals surface area contributed by atoms with Crippen LogP contribution in [0.3, 0.4) is 0 Å². The van der Waals surface area contributed by atoms with Crippen LogP contribution in [0.5, 0.6) is 0 Å². The zero-order valence-corrected chi connectivity index (χ0v) is 14.8. The Kier molecular flexibility index (Phi) is 4.31. The van der Waals surface area contributed by atoms with E-state index in [1.807, 2.05) is 43.8 Å². The summed E-state index contributed by atoms with van der Waals surface area (Å²) in [5.41, 5.74) is 4.99.